The summed E-state index contributed by atoms with van der Waals surface area (Å²) in [5, 5.41) is 5.76. The van der Waals surface area contributed by atoms with E-state index in [9.17, 15) is 9.59 Å². The fourth-order valence-electron chi connectivity index (χ4n) is 3.21. The summed E-state index contributed by atoms with van der Waals surface area (Å²) in [5.41, 5.74) is 3.49. The second kappa shape index (κ2) is 9.54. The van der Waals surface area contributed by atoms with Crippen LogP contribution in [0.2, 0.25) is 0 Å². The number of anilines is 1. The zero-order chi connectivity index (χ0) is 21.5. The maximum Gasteiger partial charge on any atom is 0.255 e. The second-order valence-electron chi connectivity index (χ2n) is 7.10. The fourth-order valence-corrected chi connectivity index (χ4v) is 3.21. The predicted octanol–water partition coefficient (Wildman–Crippen LogP) is 4.11. The Labute approximate surface area is 180 Å². The van der Waals surface area contributed by atoms with Crippen molar-refractivity contribution in [3.05, 3.63) is 120 Å². The number of rotatable bonds is 7. The monoisotopic (exact) mass is 410 g/mol. The molecular formula is C25H22N4O2. The normalized spacial score (nSPS) is 10.5. The minimum Gasteiger partial charge on any atom is -0.348 e. The van der Waals surface area contributed by atoms with Crippen LogP contribution >= 0.6 is 0 Å². The molecule has 1 heterocycles. The minimum absolute atomic E-state index is 0.240. The van der Waals surface area contributed by atoms with Crippen LogP contribution in [-0.4, -0.2) is 21.4 Å². The largest absolute Gasteiger partial charge is 0.348 e. The van der Waals surface area contributed by atoms with Crippen molar-refractivity contribution in [3.8, 4) is 0 Å². The summed E-state index contributed by atoms with van der Waals surface area (Å²) >= 11 is 0. The first-order valence-electron chi connectivity index (χ1n) is 9.96. The van der Waals surface area contributed by atoms with Gasteiger partial charge in [0.25, 0.3) is 11.8 Å². The molecule has 0 unspecified atom stereocenters. The topological polar surface area (TPSA) is 76.0 Å². The molecule has 1 aromatic heterocycles. The lowest BCUT2D eigenvalue weighted by Crippen LogP contribution is -2.24. The molecule has 154 valence electrons. The van der Waals surface area contributed by atoms with Gasteiger partial charge in [0.2, 0.25) is 0 Å². The van der Waals surface area contributed by atoms with Crippen molar-refractivity contribution in [2.45, 2.75) is 13.1 Å². The summed E-state index contributed by atoms with van der Waals surface area (Å²) in [6.45, 7) is 1.10. The number of amides is 2. The first-order chi connectivity index (χ1) is 15.2. The highest BCUT2D eigenvalue weighted by atomic mass is 16.2. The molecule has 31 heavy (non-hydrogen) atoms. The molecule has 2 N–H and O–H groups in total. The second-order valence-corrected chi connectivity index (χ2v) is 7.10. The van der Waals surface area contributed by atoms with Gasteiger partial charge in [-0.1, -0.05) is 54.6 Å². The average molecular weight is 410 g/mol. The van der Waals surface area contributed by atoms with E-state index in [4.69, 9.17) is 0 Å². The summed E-state index contributed by atoms with van der Waals surface area (Å²) in [5.74, 6) is -0.507. The molecule has 4 rings (SSSR count). The molecular weight excluding hydrogens is 388 g/mol. The maximum atomic E-state index is 12.7. The molecule has 4 aromatic rings. The van der Waals surface area contributed by atoms with E-state index in [0.717, 1.165) is 11.1 Å². The van der Waals surface area contributed by atoms with Crippen molar-refractivity contribution in [1.29, 1.82) is 0 Å². The van der Waals surface area contributed by atoms with E-state index in [0.29, 0.717) is 29.9 Å². The van der Waals surface area contributed by atoms with Crippen molar-refractivity contribution in [2.75, 3.05) is 5.32 Å². The van der Waals surface area contributed by atoms with E-state index < -0.39 is 0 Å². The number of carbonyl (C=O) groups is 2. The van der Waals surface area contributed by atoms with Gasteiger partial charge in [-0.05, 0) is 35.4 Å². The molecule has 0 aliphatic carbocycles. The number of hydrogen-bond donors (Lipinski definition) is 2. The third kappa shape index (κ3) is 5.25. The predicted molar refractivity (Wildman–Crippen MR) is 120 cm³/mol. The molecule has 3 aromatic carbocycles. The zero-order valence-electron chi connectivity index (χ0n) is 16.9. The quantitative estimate of drug-likeness (QED) is 0.481. The van der Waals surface area contributed by atoms with Crippen molar-refractivity contribution in [3.63, 3.8) is 0 Å². The van der Waals surface area contributed by atoms with Crippen molar-refractivity contribution < 1.29 is 9.59 Å². The maximum absolute atomic E-state index is 12.7. The standard InChI is InChI=1S/C25H22N4O2/c30-24(21-12-10-20(11-13-21)17-29-15-14-26-18-29)28-23-9-5-4-8-22(23)25(31)27-16-19-6-2-1-3-7-19/h1-15,18H,16-17H2,(H,27,31)(H,28,30). The Morgan fingerprint density at radius 2 is 1.55 bits per heavy atom. The van der Waals surface area contributed by atoms with Crippen molar-refractivity contribution in [2.24, 2.45) is 0 Å². The molecule has 0 radical (unpaired) electrons. The number of hydrogen-bond acceptors (Lipinski definition) is 3. The average Bonchev–Trinajstić information content (AvgIpc) is 3.32. The number of carbonyl (C=O) groups excluding carboxylic acids is 2. The number of nitrogens with one attached hydrogen (secondary N) is 2. The summed E-state index contributed by atoms with van der Waals surface area (Å²) in [6, 6.07) is 24.0. The molecule has 0 fully saturated rings. The third-order valence-electron chi connectivity index (χ3n) is 4.86. The van der Waals surface area contributed by atoms with E-state index in [-0.39, 0.29) is 11.8 Å². The Kier molecular flexibility index (Phi) is 6.18. The molecule has 6 heteroatoms. The smallest absolute Gasteiger partial charge is 0.255 e. The van der Waals surface area contributed by atoms with Crippen LogP contribution in [0.25, 0.3) is 0 Å². The van der Waals surface area contributed by atoms with Gasteiger partial charge in [-0.25, -0.2) is 4.98 Å². The number of imidazole rings is 1. The molecule has 6 nitrogen and oxygen atoms in total. The first kappa shape index (κ1) is 20.1. The highest BCUT2D eigenvalue weighted by Crippen LogP contribution is 2.17. The van der Waals surface area contributed by atoms with Gasteiger partial charge in [-0.15, -0.1) is 0 Å². The van der Waals surface area contributed by atoms with Gasteiger partial charge in [0, 0.05) is 31.0 Å². The molecule has 0 aliphatic rings. The van der Waals surface area contributed by atoms with Gasteiger partial charge in [0.15, 0.2) is 0 Å². The zero-order valence-corrected chi connectivity index (χ0v) is 16.9. The SMILES string of the molecule is O=C(Nc1ccccc1C(=O)NCc1ccccc1)c1ccc(Cn2ccnc2)cc1. The van der Waals surface area contributed by atoms with Gasteiger partial charge < -0.3 is 15.2 Å². The van der Waals surface area contributed by atoms with Crippen LogP contribution in [0.3, 0.4) is 0 Å². The Morgan fingerprint density at radius 3 is 2.29 bits per heavy atom. The highest BCUT2D eigenvalue weighted by Gasteiger charge is 2.14. The summed E-state index contributed by atoms with van der Waals surface area (Å²) in [7, 11) is 0. The number of nitrogens with zero attached hydrogens (tertiary/aromatic N) is 2. The first-order valence-corrected chi connectivity index (χ1v) is 9.96. The van der Waals surface area contributed by atoms with Crippen LogP contribution in [0.4, 0.5) is 5.69 Å². The number of aromatic nitrogens is 2. The molecule has 0 saturated carbocycles. The van der Waals surface area contributed by atoms with E-state index in [2.05, 4.69) is 15.6 Å². The van der Waals surface area contributed by atoms with E-state index in [1.54, 1.807) is 48.9 Å². The lowest BCUT2D eigenvalue weighted by molar-refractivity contribution is 0.0952. The van der Waals surface area contributed by atoms with Crippen LogP contribution < -0.4 is 10.6 Å². The van der Waals surface area contributed by atoms with Crippen LogP contribution in [0.1, 0.15) is 31.8 Å². The van der Waals surface area contributed by atoms with Gasteiger partial charge in [-0.3, -0.25) is 9.59 Å². The Balaban J connectivity index is 1.42. The van der Waals surface area contributed by atoms with E-state index in [1.807, 2.05) is 53.2 Å². The molecule has 0 spiro atoms. The van der Waals surface area contributed by atoms with Crippen molar-refractivity contribution >= 4 is 17.5 Å². The molecule has 0 saturated heterocycles. The van der Waals surface area contributed by atoms with Crippen molar-refractivity contribution in [1.82, 2.24) is 14.9 Å². The van der Waals surface area contributed by atoms with Crippen LogP contribution in [0.5, 0.6) is 0 Å². The summed E-state index contributed by atoms with van der Waals surface area (Å²) in [6.07, 6.45) is 5.37. The van der Waals surface area contributed by atoms with Crippen LogP contribution in [0, 0.1) is 0 Å². The lowest BCUT2D eigenvalue weighted by atomic mass is 10.1. The Morgan fingerprint density at radius 1 is 0.806 bits per heavy atom. The number of para-hydroxylation sites is 1. The van der Waals surface area contributed by atoms with E-state index >= 15 is 0 Å². The minimum atomic E-state index is -0.266. The molecule has 0 atom stereocenters. The van der Waals surface area contributed by atoms with Gasteiger partial charge in [0.05, 0.1) is 17.6 Å². The Hall–Kier alpha value is -4.19. The number of benzene rings is 3. The van der Waals surface area contributed by atoms with Gasteiger partial charge in [0.1, 0.15) is 0 Å². The van der Waals surface area contributed by atoms with Crippen LogP contribution in [0.15, 0.2) is 97.6 Å². The molecule has 0 bridgehead atoms. The summed E-state index contributed by atoms with van der Waals surface area (Å²) in [4.78, 5) is 29.5. The van der Waals surface area contributed by atoms with Crippen LogP contribution in [-0.2, 0) is 13.1 Å². The third-order valence-corrected chi connectivity index (χ3v) is 4.86. The van der Waals surface area contributed by atoms with E-state index in [1.165, 1.54) is 0 Å². The highest BCUT2D eigenvalue weighted by molar-refractivity contribution is 6.09. The molecule has 0 aliphatic heterocycles. The Bertz CT molecular complexity index is 1150. The van der Waals surface area contributed by atoms with Gasteiger partial charge >= 0.3 is 0 Å². The molecule has 2 amide bonds. The summed E-state index contributed by atoms with van der Waals surface area (Å²) < 4.78 is 1.96. The lowest BCUT2D eigenvalue weighted by Gasteiger charge is -2.12. The fraction of sp³-hybridized carbons (Fsp3) is 0.0800. The van der Waals surface area contributed by atoms with Gasteiger partial charge in [-0.2, -0.15) is 0 Å².